The molecule has 8 nitrogen and oxygen atoms in total. The fourth-order valence-corrected chi connectivity index (χ4v) is 3.44. The van der Waals surface area contributed by atoms with Crippen LogP contribution >= 0.6 is 12.4 Å². The van der Waals surface area contributed by atoms with Crippen LogP contribution in [0.3, 0.4) is 0 Å². The Balaban J connectivity index is 0.00000196. The van der Waals surface area contributed by atoms with E-state index >= 15 is 0 Å². The Morgan fingerprint density at radius 1 is 1.04 bits per heavy atom. The number of benzene rings is 1. The molecule has 3 aliphatic heterocycles. The lowest BCUT2D eigenvalue weighted by Gasteiger charge is -2.27. The van der Waals surface area contributed by atoms with Crippen molar-refractivity contribution in [2.45, 2.75) is 31.4 Å². The molecule has 0 spiro atoms. The third kappa shape index (κ3) is 3.06. The number of amides is 4. The maximum atomic E-state index is 12.7. The molecule has 4 rings (SSSR count). The second-order valence-electron chi connectivity index (χ2n) is 6.39. The first kappa shape index (κ1) is 18.3. The molecular formula is C17H18ClN3O5. The van der Waals surface area contributed by atoms with Crippen LogP contribution in [0, 0.1) is 0 Å². The highest BCUT2D eigenvalue weighted by Gasteiger charge is 2.44. The number of imide groups is 2. The molecule has 26 heavy (non-hydrogen) atoms. The van der Waals surface area contributed by atoms with Gasteiger partial charge in [-0.2, -0.15) is 0 Å². The van der Waals surface area contributed by atoms with Gasteiger partial charge >= 0.3 is 0 Å². The molecule has 0 saturated carbocycles. The second kappa shape index (κ2) is 7.05. The van der Waals surface area contributed by atoms with Crippen molar-refractivity contribution < 1.29 is 23.9 Å². The van der Waals surface area contributed by atoms with Crippen LogP contribution in [0.25, 0.3) is 0 Å². The molecule has 1 aromatic rings. The zero-order valence-corrected chi connectivity index (χ0v) is 14.6. The maximum absolute atomic E-state index is 12.7. The molecular weight excluding hydrogens is 362 g/mol. The van der Waals surface area contributed by atoms with E-state index in [-0.39, 0.29) is 42.5 Å². The highest BCUT2D eigenvalue weighted by atomic mass is 35.5. The van der Waals surface area contributed by atoms with Gasteiger partial charge in [0.25, 0.3) is 11.8 Å². The van der Waals surface area contributed by atoms with Gasteiger partial charge in [-0.3, -0.25) is 29.4 Å². The van der Waals surface area contributed by atoms with Gasteiger partial charge in [-0.1, -0.05) is 0 Å². The Kier molecular flexibility index (Phi) is 4.97. The third-order valence-electron chi connectivity index (χ3n) is 4.73. The molecule has 0 radical (unpaired) electrons. The standard InChI is InChI=1S/C17H17N3O5.ClH/c21-14-4-3-13(15(22)19-14)20-16(23)11-2-1-9(7-12(11)17(20)24)25-10-5-6-18-8-10;/h1-2,7,10,13,18H,3-6,8H2,(H,19,21,22);1H/t10-,13?;/m1./s1. The summed E-state index contributed by atoms with van der Waals surface area (Å²) in [7, 11) is 0. The fourth-order valence-electron chi connectivity index (χ4n) is 3.44. The van der Waals surface area contributed by atoms with Crippen LogP contribution in [0.1, 0.15) is 40.0 Å². The summed E-state index contributed by atoms with van der Waals surface area (Å²) in [5.41, 5.74) is 0.491. The number of fused-ring (bicyclic) bond motifs is 1. The quantitative estimate of drug-likeness (QED) is 0.729. The summed E-state index contributed by atoms with van der Waals surface area (Å²) in [6.07, 6.45) is 1.17. The van der Waals surface area contributed by atoms with Gasteiger partial charge in [0.1, 0.15) is 17.9 Å². The lowest BCUT2D eigenvalue weighted by atomic mass is 10.0. The molecule has 0 aliphatic carbocycles. The highest BCUT2D eigenvalue weighted by molar-refractivity contribution is 6.23. The molecule has 2 N–H and O–H groups in total. The fraction of sp³-hybridized carbons (Fsp3) is 0.412. The van der Waals surface area contributed by atoms with E-state index in [4.69, 9.17) is 4.74 Å². The Morgan fingerprint density at radius 2 is 1.81 bits per heavy atom. The summed E-state index contributed by atoms with van der Waals surface area (Å²) in [6, 6.07) is 3.82. The first-order valence-corrected chi connectivity index (χ1v) is 8.27. The van der Waals surface area contributed by atoms with E-state index in [9.17, 15) is 19.2 Å². The van der Waals surface area contributed by atoms with Gasteiger partial charge in [0.05, 0.1) is 11.1 Å². The van der Waals surface area contributed by atoms with E-state index < -0.39 is 29.7 Å². The van der Waals surface area contributed by atoms with E-state index in [0.29, 0.717) is 5.75 Å². The van der Waals surface area contributed by atoms with Crippen molar-refractivity contribution in [2.24, 2.45) is 0 Å². The smallest absolute Gasteiger partial charge is 0.262 e. The minimum absolute atomic E-state index is 0. The molecule has 2 saturated heterocycles. The Hall–Kier alpha value is -2.45. The predicted octanol–water partition coefficient (Wildman–Crippen LogP) is 0.250. The average molecular weight is 380 g/mol. The number of carbonyl (C=O) groups is 4. The number of nitrogens with zero attached hydrogens (tertiary/aromatic N) is 1. The van der Waals surface area contributed by atoms with Crippen molar-refractivity contribution in [3.8, 4) is 5.75 Å². The number of nitrogens with one attached hydrogen (secondary N) is 2. The van der Waals surface area contributed by atoms with Crippen LogP contribution in [0.5, 0.6) is 5.75 Å². The van der Waals surface area contributed by atoms with Crippen LogP contribution in [-0.4, -0.2) is 53.8 Å². The number of piperidine rings is 1. The van der Waals surface area contributed by atoms with Crippen LogP contribution in [0.15, 0.2) is 18.2 Å². The largest absolute Gasteiger partial charge is 0.489 e. The van der Waals surface area contributed by atoms with Gasteiger partial charge in [-0.25, -0.2) is 0 Å². The van der Waals surface area contributed by atoms with E-state index in [1.807, 2.05) is 0 Å². The minimum atomic E-state index is -0.950. The summed E-state index contributed by atoms with van der Waals surface area (Å²) in [6.45, 7) is 1.63. The van der Waals surface area contributed by atoms with Gasteiger partial charge in [-0.15, -0.1) is 12.4 Å². The highest BCUT2D eigenvalue weighted by Crippen LogP contribution is 2.30. The van der Waals surface area contributed by atoms with Gasteiger partial charge in [0.2, 0.25) is 11.8 Å². The van der Waals surface area contributed by atoms with Crippen molar-refractivity contribution >= 4 is 36.0 Å². The van der Waals surface area contributed by atoms with Crippen LogP contribution in [-0.2, 0) is 9.59 Å². The van der Waals surface area contributed by atoms with Gasteiger partial charge in [0, 0.05) is 13.0 Å². The number of rotatable bonds is 3. The zero-order chi connectivity index (χ0) is 17.6. The van der Waals surface area contributed by atoms with Gasteiger partial charge in [-0.05, 0) is 37.6 Å². The van der Waals surface area contributed by atoms with Crippen molar-refractivity contribution in [3.05, 3.63) is 29.3 Å². The van der Waals surface area contributed by atoms with E-state index in [0.717, 1.165) is 24.4 Å². The Morgan fingerprint density at radius 3 is 2.50 bits per heavy atom. The third-order valence-corrected chi connectivity index (χ3v) is 4.73. The molecule has 0 bridgehead atoms. The lowest BCUT2D eigenvalue weighted by Crippen LogP contribution is -2.54. The average Bonchev–Trinajstić information content (AvgIpc) is 3.17. The molecule has 1 unspecified atom stereocenters. The molecule has 9 heteroatoms. The molecule has 4 amide bonds. The molecule has 3 aliphatic rings. The molecule has 1 aromatic carbocycles. The summed E-state index contributed by atoms with van der Waals surface area (Å²) >= 11 is 0. The molecule has 2 fully saturated rings. The summed E-state index contributed by atoms with van der Waals surface area (Å²) in [5, 5.41) is 5.37. The molecule has 138 valence electrons. The minimum Gasteiger partial charge on any atom is -0.489 e. The van der Waals surface area contributed by atoms with Crippen LogP contribution in [0.4, 0.5) is 0 Å². The van der Waals surface area contributed by atoms with Crippen LogP contribution in [0.2, 0.25) is 0 Å². The summed E-state index contributed by atoms with van der Waals surface area (Å²) in [5.74, 6) is -1.51. The van der Waals surface area contributed by atoms with Gasteiger partial charge < -0.3 is 10.1 Å². The first-order chi connectivity index (χ1) is 12.0. The molecule has 3 heterocycles. The van der Waals surface area contributed by atoms with Crippen molar-refractivity contribution in [1.82, 2.24) is 15.5 Å². The maximum Gasteiger partial charge on any atom is 0.262 e. The number of ether oxygens (including phenoxy) is 1. The van der Waals surface area contributed by atoms with Crippen molar-refractivity contribution in [3.63, 3.8) is 0 Å². The van der Waals surface area contributed by atoms with Crippen LogP contribution < -0.4 is 15.4 Å². The van der Waals surface area contributed by atoms with Crippen molar-refractivity contribution in [2.75, 3.05) is 13.1 Å². The Bertz CT molecular complexity index is 791. The summed E-state index contributed by atoms with van der Waals surface area (Å²) < 4.78 is 5.83. The lowest BCUT2D eigenvalue weighted by molar-refractivity contribution is -0.136. The topological polar surface area (TPSA) is 105 Å². The number of hydrogen-bond acceptors (Lipinski definition) is 6. The first-order valence-electron chi connectivity index (χ1n) is 8.27. The van der Waals surface area contributed by atoms with Crippen molar-refractivity contribution in [1.29, 1.82) is 0 Å². The van der Waals surface area contributed by atoms with Gasteiger partial charge in [0.15, 0.2) is 0 Å². The second-order valence-corrected chi connectivity index (χ2v) is 6.39. The molecule has 0 aromatic heterocycles. The summed E-state index contributed by atoms with van der Waals surface area (Å²) in [4.78, 5) is 49.5. The predicted molar refractivity (Wildman–Crippen MR) is 92.3 cm³/mol. The Labute approximate surface area is 155 Å². The monoisotopic (exact) mass is 379 g/mol. The number of halogens is 1. The zero-order valence-electron chi connectivity index (χ0n) is 13.8. The SMILES string of the molecule is Cl.O=C1CCC(N2C(=O)c3ccc(O[C@@H]4CCNC4)cc3C2=O)C(=O)N1. The van der Waals surface area contributed by atoms with E-state index in [1.54, 1.807) is 18.2 Å². The van der Waals surface area contributed by atoms with E-state index in [2.05, 4.69) is 10.6 Å². The number of carbonyl (C=O) groups excluding carboxylic acids is 4. The molecule has 2 atom stereocenters. The normalized spacial score (nSPS) is 25.0. The van der Waals surface area contributed by atoms with E-state index in [1.165, 1.54) is 0 Å². The number of hydrogen-bond donors (Lipinski definition) is 2.